The second kappa shape index (κ2) is 6.38. The topological polar surface area (TPSA) is 127 Å². The monoisotopic (exact) mass is 270 g/mol. The Morgan fingerprint density at radius 3 is 2.26 bits per heavy atom. The number of hydrogen-bond donors (Lipinski definition) is 3. The fourth-order valence-corrected chi connectivity index (χ4v) is 1.46. The number of carbonyl (C=O) groups excluding carboxylic acids is 1. The van der Waals surface area contributed by atoms with Gasteiger partial charge in [0, 0.05) is 18.8 Å². The molecular weight excluding hydrogens is 256 g/mol. The summed E-state index contributed by atoms with van der Waals surface area (Å²) in [5.74, 6) is -2.54. The lowest BCUT2D eigenvalue weighted by molar-refractivity contribution is -0.140. The lowest BCUT2D eigenvalue weighted by atomic mass is 10.3. The zero-order valence-electron chi connectivity index (χ0n) is 10.2. The van der Waals surface area contributed by atoms with E-state index in [0.29, 0.717) is 0 Å². The molecule has 0 aliphatic rings. The molecule has 0 aliphatic heterocycles. The molecule has 0 atom stereocenters. The summed E-state index contributed by atoms with van der Waals surface area (Å²) in [6, 6.07) is -0.675. The van der Waals surface area contributed by atoms with Crippen molar-refractivity contribution in [2.75, 3.05) is 20.1 Å². The largest absolute Gasteiger partial charge is 0.480 e. The Balaban J connectivity index is 2.68. The number of nitrogens with one attached hydrogen (secondary N) is 1. The van der Waals surface area contributed by atoms with Crippen molar-refractivity contribution in [2.24, 2.45) is 0 Å². The van der Waals surface area contributed by atoms with Crippen LogP contribution in [-0.2, 0) is 16.1 Å². The van der Waals surface area contributed by atoms with Crippen molar-refractivity contribution in [2.45, 2.75) is 6.54 Å². The van der Waals surface area contributed by atoms with Gasteiger partial charge in [-0.25, -0.2) is 4.79 Å². The first-order valence-corrected chi connectivity index (χ1v) is 5.31. The highest BCUT2D eigenvalue weighted by Crippen LogP contribution is 2.04. The molecule has 0 fully saturated rings. The highest BCUT2D eigenvalue weighted by atomic mass is 16.4. The van der Waals surface area contributed by atoms with Crippen LogP contribution in [0.1, 0.15) is 5.56 Å². The van der Waals surface area contributed by atoms with Crippen LogP contribution in [0.15, 0.2) is 12.4 Å². The molecule has 0 bridgehead atoms. The molecule has 1 aromatic rings. The molecule has 1 rings (SSSR count). The van der Waals surface area contributed by atoms with E-state index in [1.165, 1.54) is 18.1 Å². The van der Waals surface area contributed by atoms with Crippen LogP contribution in [-0.4, -0.2) is 68.3 Å². The van der Waals surface area contributed by atoms with Gasteiger partial charge >= 0.3 is 18.0 Å². The molecule has 0 aliphatic carbocycles. The van der Waals surface area contributed by atoms with E-state index in [2.05, 4.69) is 10.2 Å². The molecule has 0 spiro atoms. The van der Waals surface area contributed by atoms with Crippen LogP contribution in [0.3, 0.4) is 0 Å². The third-order valence-corrected chi connectivity index (χ3v) is 2.22. The zero-order valence-corrected chi connectivity index (χ0v) is 10.2. The van der Waals surface area contributed by atoms with Crippen molar-refractivity contribution in [1.29, 1.82) is 0 Å². The molecule has 9 nitrogen and oxygen atoms in total. The molecule has 3 N–H and O–H groups in total. The Bertz CT molecular complexity index is 442. The summed E-state index contributed by atoms with van der Waals surface area (Å²) >= 11 is 0. The second-order valence-electron chi connectivity index (χ2n) is 3.89. The molecule has 1 aromatic heterocycles. The van der Waals surface area contributed by atoms with Crippen molar-refractivity contribution in [3.05, 3.63) is 18.0 Å². The van der Waals surface area contributed by atoms with E-state index in [1.807, 2.05) is 0 Å². The number of carboxylic acid groups (broad SMARTS) is 2. The minimum absolute atomic E-state index is 0.199. The fraction of sp³-hybridized carbons (Fsp3) is 0.400. The van der Waals surface area contributed by atoms with Crippen LogP contribution >= 0.6 is 0 Å². The molecule has 0 radical (unpaired) electrons. The quantitative estimate of drug-likeness (QED) is 0.635. The van der Waals surface area contributed by atoms with Gasteiger partial charge < -0.3 is 20.0 Å². The van der Waals surface area contributed by atoms with Crippen LogP contribution in [0.5, 0.6) is 0 Å². The minimum atomic E-state index is -1.27. The van der Waals surface area contributed by atoms with Crippen LogP contribution in [0.25, 0.3) is 0 Å². The summed E-state index contributed by atoms with van der Waals surface area (Å²) in [6.07, 6.45) is 3.10. The Morgan fingerprint density at radius 1 is 1.26 bits per heavy atom. The van der Waals surface area contributed by atoms with E-state index < -0.39 is 31.1 Å². The van der Waals surface area contributed by atoms with Gasteiger partial charge in [-0.2, -0.15) is 5.10 Å². The van der Waals surface area contributed by atoms with Crippen LogP contribution < -0.4 is 0 Å². The van der Waals surface area contributed by atoms with Crippen LogP contribution in [0, 0.1) is 0 Å². The van der Waals surface area contributed by atoms with E-state index in [-0.39, 0.29) is 6.54 Å². The van der Waals surface area contributed by atoms with E-state index in [1.54, 1.807) is 6.20 Å². The molecule has 9 heteroatoms. The molecule has 0 saturated carbocycles. The second-order valence-corrected chi connectivity index (χ2v) is 3.89. The highest BCUT2D eigenvalue weighted by Gasteiger charge is 2.22. The number of urea groups is 1. The smallest absolute Gasteiger partial charge is 0.323 e. The lowest BCUT2D eigenvalue weighted by Crippen LogP contribution is -2.45. The fourth-order valence-electron chi connectivity index (χ4n) is 1.46. The lowest BCUT2D eigenvalue weighted by Gasteiger charge is -2.25. The maximum absolute atomic E-state index is 11.9. The van der Waals surface area contributed by atoms with Gasteiger partial charge in [0.1, 0.15) is 13.1 Å². The van der Waals surface area contributed by atoms with Gasteiger partial charge in [0.25, 0.3) is 0 Å². The molecule has 104 valence electrons. The Kier molecular flexibility index (Phi) is 4.86. The molecule has 2 amide bonds. The number of aromatic amines is 1. The third-order valence-electron chi connectivity index (χ3n) is 2.22. The first kappa shape index (κ1) is 14.5. The average molecular weight is 270 g/mol. The Morgan fingerprint density at radius 2 is 1.84 bits per heavy atom. The normalized spacial score (nSPS) is 9.95. The summed E-state index contributed by atoms with van der Waals surface area (Å²) in [6.45, 7) is -1.13. The van der Waals surface area contributed by atoms with Gasteiger partial charge in [-0.05, 0) is 0 Å². The van der Waals surface area contributed by atoms with E-state index in [4.69, 9.17) is 10.2 Å². The number of carboxylic acids is 2. The van der Waals surface area contributed by atoms with Gasteiger partial charge in [-0.3, -0.25) is 14.7 Å². The first-order chi connectivity index (χ1) is 8.90. The predicted molar refractivity (Wildman–Crippen MR) is 62.3 cm³/mol. The van der Waals surface area contributed by atoms with Crippen LogP contribution in [0.4, 0.5) is 4.79 Å². The van der Waals surface area contributed by atoms with Gasteiger partial charge in [0.15, 0.2) is 0 Å². The number of aliphatic carboxylic acids is 2. The molecule has 19 heavy (non-hydrogen) atoms. The van der Waals surface area contributed by atoms with Crippen molar-refractivity contribution < 1.29 is 24.6 Å². The van der Waals surface area contributed by atoms with E-state index >= 15 is 0 Å². The molecule has 1 heterocycles. The predicted octanol–water partition coefficient (Wildman–Crippen LogP) is -0.567. The Labute approximate surface area is 108 Å². The summed E-state index contributed by atoms with van der Waals surface area (Å²) in [5, 5.41) is 23.6. The van der Waals surface area contributed by atoms with Crippen molar-refractivity contribution >= 4 is 18.0 Å². The summed E-state index contributed by atoms with van der Waals surface area (Å²) in [5.41, 5.74) is 0.724. The summed E-state index contributed by atoms with van der Waals surface area (Å²) < 4.78 is 0. The maximum atomic E-state index is 11.9. The highest BCUT2D eigenvalue weighted by molar-refractivity contribution is 5.84. The van der Waals surface area contributed by atoms with Crippen molar-refractivity contribution in [3.63, 3.8) is 0 Å². The van der Waals surface area contributed by atoms with Crippen LogP contribution in [0.2, 0.25) is 0 Å². The van der Waals surface area contributed by atoms with Crippen molar-refractivity contribution in [3.8, 4) is 0 Å². The van der Waals surface area contributed by atoms with Gasteiger partial charge in [0.2, 0.25) is 0 Å². The number of rotatable bonds is 6. The van der Waals surface area contributed by atoms with Gasteiger partial charge in [-0.15, -0.1) is 0 Å². The zero-order chi connectivity index (χ0) is 14.4. The number of H-pyrrole nitrogens is 1. The number of nitrogens with zero attached hydrogens (tertiary/aromatic N) is 3. The Hall–Kier alpha value is -2.58. The molecule has 0 aromatic carbocycles. The standard InChI is InChI=1S/C10H14N4O5/c1-13(4-7-2-11-12-3-7)10(19)14(5-8(15)16)6-9(17)18/h2-3H,4-6H2,1H3,(H,11,12)(H,15,16)(H,17,18). The van der Waals surface area contributed by atoms with Crippen molar-refractivity contribution in [1.82, 2.24) is 20.0 Å². The minimum Gasteiger partial charge on any atom is -0.480 e. The molecule has 0 unspecified atom stereocenters. The third kappa shape index (κ3) is 4.66. The summed E-state index contributed by atoms with van der Waals surface area (Å²) in [7, 11) is 1.45. The van der Waals surface area contributed by atoms with E-state index in [0.717, 1.165) is 10.5 Å². The first-order valence-electron chi connectivity index (χ1n) is 5.31. The van der Waals surface area contributed by atoms with Gasteiger partial charge in [-0.1, -0.05) is 0 Å². The van der Waals surface area contributed by atoms with E-state index in [9.17, 15) is 14.4 Å². The average Bonchev–Trinajstić information content (AvgIpc) is 2.78. The molecular formula is C10H14N4O5. The number of amides is 2. The SMILES string of the molecule is CN(Cc1cn[nH]c1)C(=O)N(CC(=O)O)CC(=O)O. The summed E-state index contributed by atoms with van der Waals surface area (Å²) in [4.78, 5) is 35.1. The molecule has 0 saturated heterocycles. The maximum Gasteiger partial charge on any atom is 0.323 e. The number of aromatic nitrogens is 2. The number of hydrogen-bond acceptors (Lipinski definition) is 4. The number of carbonyl (C=O) groups is 3. The van der Waals surface area contributed by atoms with Gasteiger partial charge in [0.05, 0.1) is 12.7 Å².